The highest BCUT2D eigenvalue weighted by molar-refractivity contribution is 4.85. The van der Waals surface area contributed by atoms with E-state index < -0.39 is 12.2 Å². The first-order valence-corrected chi connectivity index (χ1v) is 5.76. The van der Waals surface area contributed by atoms with Crippen LogP contribution in [0, 0.1) is 5.92 Å². The van der Waals surface area contributed by atoms with Crippen molar-refractivity contribution in [1.82, 2.24) is 5.32 Å². The Balaban J connectivity index is 2.42. The van der Waals surface area contributed by atoms with Crippen LogP contribution in [0.1, 0.15) is 46.0 Å². The smallest absolute Gasteiger partial charge is 0.303 e. The van der Waals surface area contributed by atoms with Gasteiger partial charge in [0.2, 0.25) is 0 Å². The van der Waals surface area contributed by atoms with E-state index in [0.717, 1.165) is 19.3 Å². The van der Waals surface area contributed by atoms with E-state index in [1.54, 1.807) is 0 Å². The number of halogens is 3. The number of piperidine rings is 1. The molecule has 0 saturated carbocycles. The molecule has 4 heteroatoms. The molecule has 0 amide bonds. The molecule has 1 heterocycles. The van der Waals surface area contributed by atoms with Crippen LogP contribution in [-0.2, 0) is 0 Å². The Bertz CT molecular complexity index is 191. The van der Waals surface area contributed by atoms with Crippen LogP contribution in [0.5, 0.6) is 0 Å². The van der Waals surface area contributed by atoms with Crippen molar-refractivity contribution >= 4 is 0 Å². The van der Waals surface area contributed by atoms with Gasteiger partial charge in [0.05, 0.1) is 0 Å². The Morgan fingerprint density at radius 2 is 2.00 bits per heavy atom. The van der Waals surface area contributed by atoms with Gasteiger partial charge in [-0.25, -0.2) is 0 Å². The van der Waals surface area contributed by atoms with E-state index in [1.165, 1.54) is 0 Å². The van der Waals surface area contributed by atoms with Crippen molar-refractivity contribution in [3.05, 3.63) is 0 Å². The van der Waals surface area contributed by atoms with E-state index in [2.05, 4.69) is 19.2 Å². The Kier molecular flexibility index (Phi) is 4.44. The summed E-state index contributed by atoms with van der Waals surface area (Å²) in [5.41, 5.74) is 0. The maximum atomic E-state index is 12.5. The van der Waals surface area contributed by atoms with Crippen LogP contribution in [0.25, 0.3) is 0 Å². The maximum Gasteiger partial charge on any atom is 0.403 e. The molecule has 0 aromatic heterocycles. The average molecular weight is 223 g/mol. The van der Waals surface area contributed by atoms with Crippen molar-refractivity contribution in [3.8, 4) is 0 Å². The molecule has 0 aromatic carbocycles. The molecule has 0 aromatic rings. The number of alkyl halides is 3. The van der Waals surface area contributed by atoms with Gasteiger partial charge >= 0.3 is 6.18 Å². The van der Waals surface area contributed by atoms with Crippen molar-refractivity contribution in [3.63, 3.8) is 0 Å². The molecule has 1 nitrogen and oxygen atoms in total. The van der Waals surface area contributed by atoms with Crippen LogP contribution in [-0.4, -0.2) is 18.3 Å². The van der Waals surface area contributed by atoms with Gasteiger partial charge in [0.1, 0.15) is 6.04 Å². The molecule has 90 valence electrons. The van der Waals surface area contributed by atoms with Gasteiger partial charge in [-0.3, -0.25) is 0 Å². The van der Waals surface area contributed by atoms with Crippen LogP contribution >= 0.6 is 0 Å². The topological polar surface area (TPSA) is 12.0 Å². The van der Waals surface area contributed by atoms with Crippen molar-refractivity contribution < 1.29 is 13.2 Å². The summed E-state index contributed by atoms with van der Waals surface area (Å²) in [6.07, 6.45) is -0.359. The molecule has 1 rings (SSSR count). The van der Waals surface area contributed by atoms with Crippen molar-refractivity contribution in [2.24, 2.45) is 5.92 Å². The number of hydrogen-bond donors (Lipinski definition) is 1. The highest BCUT2D eigenvalue weighted by Crippen LogP contribution is 2.29. The van der Waals surface area contributed by atoms with E-state index in [9.17, 15) is 13.2 Å². The second-order valence-electron chi connectivity index (χ2n) is 4.64. The third-order valence-corrected chi connectivity index (χ3v) is 3.26. The molecule has 0 bridgehead atoms. The molecular formula is C11H20F3N. The minimum atomic E-state index is -4.08. The Hall–Kier alpha value is -0.250. The molecule has 1 N–H and O–H groups in total. The minimum Gasteiger partial charge on any atom is -0.303 e. The van der Waals surface area contributed by atoms with Crippen LogP contribution in [0.4, 0.5) is 13.2 Å². The molecule has 0 aliphatic carbocycles. The molecule has 0 spiro atoms. The van der Waals surface area contributed by atoms with E-state index >= 15 is 0 Å². The molecule has 15 heavy (non-hydrogen) atoms. The summed E-state index contributed by atoms with van der Waals surface area (Å²) in [5.74, 6) is 0.509. The van der Waals surface area contributed by atoms with Crippen LogP contribution in [0.2, 0.25) is 0 Å². The number of hydrogen-bond acceptors (Lipinski definition) is 1. The fraction of sp³-hybridized carbons (Fsp3) is 1.00. The van der Waals surface area contributed by atoms with E-state index in [-0.39, 0.29) is 12.5 Å². The first-order chi connectivity index (χ1) is 6.93. The van der Waals surface area contributed by atoms with Gasteiger partial charge < -0.3 is 5.32 Å². The van der Waals surface area contributed by atoms with Gasteiger partial charge in [-0.05, 0) is 25.2 Å². The molecule has 1 saturated heterocycles. The normalized spacial score (nSPS) is 30.2. The Morgan fingerprint density at radius 1 is 1.33 bits per heavy atom. The van der Waals surface area contributed by atoms with Gasteiger partial charge in [-0.2, -0.15) is 13.2 Å². The summed E-state index contributed by atoms with van der Waals surface area (Å²) in [6.45, 7) is 4.17. The summed E-state index contributed by atoms with van der Waals surface area (Å²) >= 11 is 0. The van der Waals surface area contributed by atoms with E-state index in [1.807, 2.05) is 0 Å². The number of rotatable bonds is 3. The zero-order valence-corrected chi connectivity index (χ0v) is 9.40. The monoisotopic (exact) mass is 223 g/mol. The van der Waals surface area contributed by atoms with Crippen molar-refractivity contribution in [2.45, 2.75) is 64.2 Å². The quantitative estimate of drug-likeness (QED) is 0.772. The zero-order valence-electron chi connectivity index (χ0n) is 9.40. The summed E-state index contributed by atoms with van der Waals surface area (Å²) < 4.78 is 37.4. The highest BCUT2D eigenvalue weighted by Gasteiger charge is 2.41. The summed E-state index contributed by atoms with van der Waals surface area (Å²) in [6, 6.07) is -1.22. The average Bonchev–Trinajstić information content (AvgIpc) is 2.17. The predicted molar refractivity (Wildman–Crippen MR) is 54.7 cm³/mol. The van der Waals surface area contributed by atoms with Gasteiger partial charge in [0, 0.05) is 6.04 Å². The van der Waals surface area contributed by atoms with Crippen LogP contribution in [0.3, 0.4) is 0 Å². The highest BCUT2D eigenvalue weighted by atomic mass is 19.4. The van der Waals surface area contributed by atoms with E-state index in [4.69, 9.17) is 0 Å². The lowest BCUT2D eigenvalue weighted by molar-refractivity contribution is -0.163. The van der Waals surface area contributed by atoms with Gasteiger partial charge in [-0.1, -0.05) is 26.7 Å². The SMILES string of the molecule is CCC(C)CC1CCCC(C(F)(F)F)N1. The lowest BCUT2D eigenvalue weighted by Gasteiger charge is -2.33. The minimum absolute atomic E-state index is 0.0559. The fourth-order valence-corrected chi connectivity index (χ4v) is 2.12. The maximum absolute atomic E-state index is 12.5. The molecule has 3 atom stereocenters. The second-order valence-corrected chi connectivity index (χ2v) is 4.64. The first kappa shape index (κ1) is 12.8. The fourth-order valence-electron chi connectivity index (χ4n) is 2.12. The van der Waals surface area contributed by atoms with Crippen molar-refractivity contribution in [1.29, 1.82) is 0 Å². The lowest BCUT2D eigenvalue weighted by atomic mass is 9.91. The standard InChI is InChI=1S/C11H20F3N/c1-3-8(2)7-9-5-4-6-10(15-9)11(12,13)14/h8-10,15H,3-7H2,1-2H3. The third kappa shape index (κ3) is 4.01. The molecule has 0 radical (unpaired) electrons. The van der Waals surface area contributed by atoms with Crippen LogP contribution in [0.15, 0.2) is 0 Å². The zero-order chi connectivity index (χ0) is 11.5. The van der Waals surface area contributed by atoms with Gasteiger partial charge in [0.25, 0.3) is 0 Å². The summed E-state index contributed by atoms with van der Waals surface area (Å²) in [7, 11) is 0. The van der Waals surface area contributed by atoms with Crippen LogP contribution < -0.4 is 5.32 Å². The predicted octanol–water partition coefficient (Wildman–Crippen LogP) is 3.50. The van der Waals surface area contributed by atoms with E-state index in [0.29, 0.717) is 12.3 Å². The lowest BCUT2D eigenvalue weighted by Crippen LogP contribution is -2.50. The first-order valence-electron chi connectivity index (χ1n) is 5.76. The Labute approximate surface area is 89.4 Å². The molecule has 1 aliphatic rings. The molecular weight excluding hydrogens is 203 g/mol. The molecule has 1 fully saturated rings. The Morgan fingerprint density at radius 3 is 2.53 bits per heavy atom. The summed E-state index contributed by atoms with van der Waals surface area (Å²) in [5, 5.41) is 2.73. The third-order valence-electron chi connectivity index (χ3n) is 3.26. The van der Waals surface area contributed by atoms with Gasteiger partial charge in [-0.15, -0.1) is 0 Å². The van der Waals surface area contributed by atoms with Crippen molar-refractivity contribution in [2.75, 3.05) is 0 Å². The molecule has 3 unspecified atom stereocenters. The van der Waals surface area contributed by atoms with Gasteiger partial charge in [0.15, 0.2) is 0 Å². The molecule has 1 aliphatic heterocycles. The number of nitrogens with one attached hydrogen (secondary N) is 1. The summed E-state index contributed by atoms with van der Waals surface area (Å²) in [4.78, 5) is 0. The second kappa shape index (κ2) is 5.19. The largest absolute Gasteiger partial charge is 0.403 e.